The first-order valence-electron chi connectivity index (χ1n) is 17.6. The molecule has 0 unspecified atom stereocenters. The Hall–Kier alpha value is -3.46. The van der Waals surface area contributed by atoms with E-state index in [1.807, 2.05) is 56.3 Å². The number of alkyl halides is 3. The molecule has 0 radical (unpaired) electrons. The Labute approximate surface area is 334 Å². The van der Waals surface area contributed by atoms with Crippen molar-refractivity contribution in [1.82, 2.24) is 25.7 Å². The molecule has 3 heterocycles. The zero-order chi connectivity index (χ0) is 39.8. The number of carbonyl (C=O) groups excluding carboxylic acids is 5. The largest absolute Gasteiger partial charge is 0.456 e. The number of ether oxygens (including phenoxy) is 2. The molecule has 1 fully saturated rings. The van der Waals surface area contributed by atoms with Crippen LogP contribution in [0.3, 0.4) is 0 Å². The number of nitrogens with one attached hydrogen (secondary N) is 2. The lowest BCUT2D eigenvalue weighted by molar-refractivity contribution is -0.146. The van der Waals surface area contributed by atoms with E-state index in [0.29, 0.717) is 36.3 Å². The van der Waals surface area contributed by atoms with Crippen LogP contribution in [-0.2, 0) is 39.9 Å². The summed E-state index contributed by atoms with van der Waals surface area (Å²) in [5.74, 6) is -2.79. The van der Waals surface area contributed by atoms with Gasteiger partial charge in [-0.05, 0) is 57.2 Å². The van der Waals surface area contributed by atoms with Crippen molar-refractivity contribution in [3.8, 4) is 0 Å². The molecule has 54 heavy (non-hydrogen) atoms. The SMILES string of the molecule is CC(=O)O[C@H](C)c1ccc2ccc(/C=C/C(C)(C)C(=O)C[C@H](C(=O)N[C@@H](Cc3cscn3)C(=O)N3CCC[C@@H](C(=O)COC(Cl)(Cl)Cl)N3)C(C)C)cc2n1. The van der Waals surface area contributed by atoms with Gasteiger partial charge in [0.15, 0.2) is 5.78 Å². The smallest absolute Gasteiger partial charge is 0.303 e. The first-order valence-corrected chi connectivity index (χ1v) is 19.7. The van der Waals surface area contributed by atoms with Gasteiger partial charge in [0.2, 0.25) is 5.91 Å². The predicted molar refractivity (Wildman–Crippen MR) is 210 cm³/mol. The molecule has 2 aromatic heterocycles. The summed E-state index contributed by atoms with van der Waals surface area (Å²) in [5.41, 5.74) is 6.43. The van der Waals surface area contributed by atoms with E-state index in [0.717, 1.165) is 10.9 Å². The van der Waals surface area contributed by atoms with Gasteiger partial charge < -0.3 is 14.8 Å². The number of esters is 1. The Morgan fingerprint density at radius 3 is 2.48 bits per heavy atom. The van der Waals surface area contributed by atoms with Gasteiger partial charge in [0.25, 0.3) is 9.89 Å². The second kappa shape index (κ2) is 18.9. The molecule has 12 nitrogen and oxygen atoms in total. The molecule has 2 N–H and O–H groups in total. The van der Waals surface area contributed by atoms with Gasteiger partial charge in [-0.2, -0.15) is 0 Å². The highest BCUT2D eigenvalue weighted by molar-refractivity contribution is 7.07. The standard InChI is InChI=1S/C38H46Cl3N5O7S/c1-22(2)28(18-34(49)37(5,6)14-13-25-9-10-26-11-12-29(43-31(26)16-25)23(3)53-24(4)47)35(50)44-32(17-27-20-54-21-42-27)36(51)46-15-7-8-30(45-46)33(48)19-52-38(39,40)41/h9-14,16,20-23,28,30,32,45H,7-8,15,17-19H2,1-6H3,(H,44,50)/b14-13+/t23-,28+,30+,32+/m1/s1. The lowest BCUT2D eigenvalue weighted by atomic mass is 9.79. The van der Waals surface area contributed by atoms with Crippen LogP contribution in [0.15, 0.2) is 47.3 Å². The van der Waals surface area contributed by atoms with E-state index < -0.39 is 57.7 Å². The Morgan fingerprint density at radius 1 is 1.11 bits per heavy atom. The maximum atomic E-state index is 13.9. The Bertz CT molecular complexity index is 1850. The minimum atomic E-state index is -2.06. The van der Waals surface area contributed by atoms with E-state index in [1.54, 1.807) is 31.7 Å². The van der Waals surface area contributed by atoms with Crippen molar-refractivity contribution in [3.05, 3.63) is 64.2 Å². The number of amides is 2. The highest BCUT2D eigenvalue weighted by Gasteiger charge is 2.37. The third kappa shape index (κ3) is 12.5. The number of fused-ring (bicyclic) bond motifs is 1. The van der Waals surface area contributed by atoms with Gasteiger partial charge in [-0.15, -0.1) is 11.3 Å². The monoisotopic (exact) mass is 821 g/mol. The maximum absolute atomic E-state index is 13.9. The van der Waals surface area contributed by atoms with Gasteiger partial charge >= 0.3 is 5.97 Å². The second-order valence-electron chi connectivity index (χ2n) is 14.2. The van der Waals surface area contributed by atoms with Crippen molar-refractivity contribution in [1.29, 1.82) is 0 Å². The van der Waals surface area contributed by atoms with E-state index in [9.17, 15) is 24.0 Å². The summed E-state index contributed by atoms with van der Waals surface area (Å²) < 4.78 is 8.20. The summed E-state index contributed by atoms with van der Waals surface area (Å²) in [4.78, 5) is 74.9. The molecule has 1 aliphatic heterocycles. The number of allylic oxidation sites excluding steroid dienone is 1. The highest BCUT2D eigenvalue weighted by atomic mass is 35.6. The van der Waals surface area contributed by atoms with Crippen LogP contribution in [0.25, 0.3) is 17.0 Å². The van der Waals surface area contributed by atoms with Crippen molar-refractivity contribution < 1.29 is 33.4 Å². The van der Waals surface area contributed by atoms with E-state index in [4.69, 9.17) is 44.3 Å². The molecule has 0 aliphatic carbocycles. The quantitative estimate of drug-likeness (QED) is 0.117. The molecule has 4 atom stereocenters. The lowest BCUT2D eigenvalue weighted by Crippen LogP contribution is -2.61. The maximum Gasteiger partial charge on any atom is 0.303 e. The van der Waals surface area contributed by atoms with Crippen LogP contribution >= 0.6 is 46.1 Å². The van der Waals surface area contributed by atoms with Gasteiger partial charge in [-0.25, -0.2) is 15.4 Å². The van der Waals surface area contributed by atoms with E-state index >= 15 is 0 Å². The van der Waals surface area contributed by atoms with Crippen molar-refractivity contribution in [2.75, 3.05) is 13.2 Å². The topological polar surface area (TPSA) is 157 Å². The number of hydrogen-bond acceptors (Lipinski definition) is 11. The van der Waals surface area contributed by atoms with Crippen LogP contribution < -0.4 is 10.7 Å². The third-order valence-corrected chi connectivity index (χ3v) is 10.1. The van der Waals surface area contributed by atoms with E-state index in [2.05, 4.69) is 20.7 Å². The molecular formula is C38H46Cl3N5O7S. The number of benzene rings is 1. The van der Waals surface area contributed by atoms with Crippen LogP contribution in [0, 0.1) is 17.3 Å². The van der Waals surface area contributed by atoms with Crippen molar-refractivity contribution in [3.63, 3.8) is 0 Å². The fourth-order valence-corrected chi connectivity index (χ4v) is 6.66. The number of hydrogen-bond donors (Lipinski definition) is 2. The number of rotatable bonds is 16. The van der Waals surface area contributed by atoms with Crippen LogP contribution in [0.1, 0.15) is 83.9 Å². The second-order valence-corrected chi connectivity index (χ2v) is 17.1. The number of ketones is 2. The van der Waals surface area contributed by atoms with Crippen molar-refractivity contribution in [2.24, 2.45) is 17.3 Å². The Balaban J connectivity index is 1.46. The molecule has 16 heteroatoms. The van der Waals surface area contributed by atoms with E-state index in [1.165, 1.54) is 23.3 Å². The van der Waals surface area contributed by atoms with E-state index in [-0.39, 0.29) is 30.5 Å². The van der Waals surface area contributed by atoms with Crippen LogP contribution in [0.4, 0.5) is 0 Å². The summed E-state index contributed by atoms with van der Waals surface area (Å²) in [6, 6.07) is 7.70. The number of aromatic nitrogens is 2. The average molecular weight is 823 g/mol. The molecule has 4 rings (SSSR count). The van der Waals surface area contributed by atoms with Gasteiger partial charge in [0.1, 0.15) is 24.5 Å². The lowest BCUT2D eigenvalue weighted by Gasteiger charge is -2.36. The van der Waals surface area contributed by atoms with Crippen molar-refractivity contribution in [2.45, 2.75) is 89.4 Å². The molecule has 1 saturated heterocycles. The Morgan fingerprint density at radius 2 is 1.83 bits per heavy atom. The minimum absolute atomic E-state index is 0.0587. The number of nitrogens with zero attached hydrogens (tertiary/aromatic N) is 3. The number of halogens is 3. The predicted octanol–water partition coefficient (Wildman–Crippen LogP) is 6.72. The third-order valence-electron chi connectivity index (χ3n) is 9.19. The molecule has 3 aromatic rings. The fourth-order valence-electron chi connectivity index (χ4n) is 5.93. The van der Waals surface area contributed by atoms with Crippen molar-refractivity contribution >= 4 is 92.5 Å². The summed E-state index contributed by atoms with van der Waals surface area (Å²) in [6.07, 6.45) is 4.16. The van der Waals surface area contributed by atoms with Gasteiger partial charge in [0, 0.05) is 48.4 Å². The first kappa shape index (κ1) is 43.3. The summed E-state index contributed by atoms with van der Waals surface area (Å²) in [7, 11) is 0. The van der Waals surface area contributed by atoms with Gasteiger partial charge in [-0.3, -0.25) is 29.0 Å². The fraction of sp³-hybridized carbons (Fsp3) is 0.500. The molecule has 0 saturated carbocycles. The molecule has 0 bridgehead atoms. The molecule has 1 aliphatic rings. The van der Waals surface area contributed by atoms with Crippen LogP contribution in [0.5, 0.6) is 0 Å². The first-order chi connectivity index (χ1) is 25.3. The Kier molecular flexibility index (Phi) is 15.2. The highest BCUT2D eigenvalue weighted by Crippen LogP contribution is 2.29. The van der Waals surface area contributed by atoms with Gasteiger partial charge in [0.05, 0.1) is 28.5 Å². The van der Waals surface area contributed by atoms with Crippen LogP contribution in [0.2, 0.25) is 0 Å². The number of carbonyl (C=O) groups is 5. The summed E-state index contributed by atoms with van der Waals surface area (Å²) in [6.45, 7) is 10.3. The zero-order valence-electron chi connectivity index (χ0n) is 31.1. The molecule has 0 spiro atoms. The molecule has 2 amide bonds. The number of Topliss-reactive ketones (excluding diaryl/α,β-unsaturated/α-hetero) is 2. The number of hydrazine groups is 1. The number of thiazole rings is 1. The number of pyridine rings is 1. The molecule has 1 aromatic carbocycles. The normalized spacial score (nSPS) is 17.0. The molecular weight excluding hydrogens is 777 g/mol. The average Bonchev–Trinajstić information content (AvgIpc) is 3.63. The summed E-state index contributed by atoms with van der Waals surface area (Å²) in [5, 5.41) is 6.94. The summed E-state index contributed by atoms with van der Waals surface area (Å²) >= 11 is 18.2. The van der Waals surface area contributed by atoms with Crippen LogP contribution in [-0.4, -0.2) is 73.5 Å². The molecule has 292 valence electrons. The zero-order valence-corrected chi connectivity index (χ0v) is 34.2. The minimum Gasteiger partial charge on any atom is -0.456 e. The van der Waals surface area contributed by atoms with Gasteiger partial charge in [-0.1, -0.05) is 79.0 Å².